The molecule has 50 valence electrons. The molecule has 5 nitrogen and oxygen atoms in total. The van der Waals surface area contributed by atoms with Gasteiger partial charge in [-0.05, 0) is 0 Å². The van der Waals surface area contributed by atoms with Crippen molar-refractivity contribution in [2.75, 3.05) is 0 Å². The molecule has 0 bridgehead atoms. The van der Waals surface area contributed by atoms with Gasteiger partial charge in [-0.15, -0.1) is 0 Å². The van der Waals surface area contributed by atoms with Crippen LogP contribution in [0.3, 0.4) is 0 Å². The second-order valence-electron chi connectivity index (χ2n) is 0.283. The van der Waals surface area contributed by atoms with Gasteiger partial charge in [0.1, 0.15) is 0 Å². The first kappa shape index (κ1) is 41.2. The standard InChI is InChI=1S/CH2O3.2Mn.2O/c2-1(3)4;;;;/h(H2,2,3,4);;;;/q;2*+2;2*-2. The summed E-state index contributed by atoms with van der Waals surface area (Å²) < 4.78 is 0. The Labute approximate surface area is 66.6 Å². The number of hydrogen-bond acceptors (Lipinski definition) is 1. The zero-order valence-corrected chi connectivity index (χ0v) is 5.74. The van der Waals surface area contributed by atoms with Crippen LogP contribution < -0.4 is 0 Å². The second kappa shape index (κ2) is 26.9. The number of carboxylic acid groups (broad SMARTS) is 2. The molecule has 7 heteroatoms. The van der Waals surface area contributed by atoms with Crippen molar-refractivity contribution >= 4 is 6.16 Å². The van der Waals surface area contributed by atoms with Crippen molar-refractivity contribution < 1.29 is 60.1 Å². The van der Waals surface area contributed by atoms with Gasteiger partial charge in [-0.1, -0.05) is 0 Å². The average Bonchev–Trinajstić information content (AvgIpc) is 0.811. The molecule has 0 spiro atoms. The summed E-state index contributed by atoms with van der Waals surface area (Å²) in [4.78, 5) is 8.56. The minimum absolute atomic E-state index is 0. The van der Waals surface area contributed by atoms with E-state index >= 15 is 0 Å². The maximum absolute atomic E-state index is 8.56. The summed E-state index contributed by atoms with van der Waals surface area (Å²) in [6.07, 6.45) is -1.83. The van der Waals surface area contributed by atoms with Gasteiger partial charge in [-0.25, -0.2) is 4.79 Å². The van der Waals surface area contributed by atoms with Gasteiger partial charge in [0.2, 0.25) is 0 Å². The number of rotatable bonds is 0. The maximum atomic E-state index is 8.56. The third-order valence-electron chi connectivity index (χ3n) is 0. The Bertz CT molecular complexity index is 33.4. The molecule has 0 aromatic rings. The van der Waals surface area contributed by atoms with Crippen LogP contribution in [0.5, 0.6) is 0 Å². The van der Waals surface area contributed by atoms with Crippen LogP contribution in [0.25, 0.3) is 0 Å². The minimum Gasteiger partial charge on any atom is -2.00 e. The Kier molecular flexibility index (Phi) is 139. The van der Waals surface area contributed by atoms with Gasteiger partial charge in [0.25, 0.3) is 0 Å². The molecular formula is CH2Mn2O5. The van der Waals surface area contributed by atoms with Crippen molar-refractivity contribution in [1.82, 2.24) is 0 Å². The predicted octanol–water partition coefficient (Wildman–Crippen LogP) is -0.0202. The van der Waals surface area contributed by atoms with Crippen molar-refractivity contribution in [2.24, 2.45) is 0 Å². The summed E-state index contributed by atoms with van der Waals surface area (Å²) in [5.74, 6) is 0. The molecular weight excluding hydrogens is 202 g/mol. The van der Waals surface area contributed by atoms with Crippen LogP contribution in [0.2, 0.25) is 0 Å². The van der Waals surface area contributed by atoms with E-state index in [4.69, 9.17) is 15.0 Å². The summed E-state index contributed by atoms with van der Waals surface area (Å²) in [6, 6.07) is 0. The monoisotopic (exact) mass is 204 g/mol. The van der Waals surface area contributed by atoms with Gasteiger partial charge in [-0.3, -0.25) is 0 Å². The number of hydrogen-bond donors (Lipinski definition) is 2. The Balaban J connectivity index is -0.00000000750. The van der Waals surface area contributed by atoms with Gasteiger partial charge < -0.3 is 21.2 Å². The van der Waals surface area contributed by atoms with Crippen LogP contribution in [0.1, 0.15) is 0 Å². The van der Waals surface area contributed by atoms with E-state index in [0.29, 0.717) is 0 Å². The fourth-order valence-corrected chi connectivity index (χ4v) is 0. The largest absolute Gasteiger partial charge is 2.00 e. The van der Waals surface area contributed by atoms with Crippen molar-refractivity contribution in [2.45, 2.75) is 0 Å². The fourth-order valence-electron chi connectivity index (χ4n) is 0. The third-order valence-corrected chi connectivity index (χ3v) is 0. The van der Waals surface area contributed by atoms with E-state index in [0.717, 1.165) is 0 Å². The molecule has 0 aliphatic carbocycles. The quantitative estimate of drug-likeness (QED) is 0.540. The summed E-state index contributed by atoms with van der Waals surface area (Å²) in [5, 5.41) is 13.9. The van der Waals surface area contributed by atoms with Crippen molar-refractivity contribution in [3.8, 4) is 0 Å². The third kappa shape index (κ3) is 3250. The Morgan fingerprint density at radius 2 is 1.00 bits per heavy atom. The number of carbonyl (C=O) groups is 1. The fraction of sp³-hybridized carbons (Fsp3) is 0. The molecule has 0 aliphatic heterocycles. The van der Waals surface area contributed by atoms with Crippen molar-refractivity contribution in [3.63, 3.8) is 0 Å². The second-order valence-corrected chi connectivity index (χ2v) is 0.283. The van der Waals surface area contributed by atoms with E-state index in [-0.39, 0.29) is 45.1 Å². The molecule has 0 aromatic heterocycles. The van der Waals surface area contributed by atoms with Crippen LogP contribution in [-0.4, -0.2) is 16.4 Å². The summed E-state index contributed by atoms with van der Waals surface area (Å²) >= 11 is 0. The van der Waals surface area contributed by atoms with E-state index < -0.39 is 6.16 Å². The zero-order chi connectivity index (χ0) is 3.58. The molecule has 0 rings (SSSR count). The van der Waals surface area contributed by atoms with E-state index in [1.807, 2.05) is 0 Å². The van der Waals surface area contributed by atoms with Crippen molar-refractivity contribution in [1.29, 1.82) is 0 Å². The summed E-state index contributed by atoms with van der Waals surface area (Å²) in [5.41, 5.74) is 0. The van der Waals surface area contributed by atoms with Crippen molar-refractivity contribution in [3.05, 3.63) is 0 Å². The average molecular weight is 204 g/mol. The van der Waals surface area contributed by atoms with Gasteiger partial charge in [-0.2, -0.15) is 0 Å². The molecule has 0 atom stereocenters. The van der Waals surface area contributed by atoms with E-state index in [1.165, 1.54) is 0 Å². The Hall–Kier alpha value is 0.229. The Morgan fingerprint density at radius 1 is 1.00 bits per heavy atom. The molecule has 0 amide bonds. The first-order valence-electron chi connectivity index (χ1n) is 0.651. The first-order chi connectivity index (χ1) is 1.73. The van der Waals surface area contributed by atoms with Gasteiger partial charge >= 0.3 is 40.3 Å². The zero-order valence-electron chi connectivity index (χ0n) is 3.38. The van der Waals surface area contributed by atoms with E-state index in [2.05, 4.69) is 0 Å². The molecule has 2 radical (unpaired) electrons. The molecule has 0 aliphatic rings. The van der Waals surface area contributed by atoms with Gasteiger partial charge in [0, 0.05) is 0 Å². The Morgan fingerprint density at radius 3 is 1.00 bits per heavy atom. The van der Waals surface area contributed by atoms with Gasteiger partial charge in [0.05, 0.1) is 0 Å². The molecule has 8 heavy (non-hydrogen) atoms. The molecule has 0 saturated heterocycles. The van der Waals surface area contributed by atoms with Crippen LogP contribution >= 0.6 is 0 Å². The molecule has 0 aromatic carbocycles. The smallest absolute Gasteiger partial charge is 2.00 e. The SMILES string of the molecule is O=C(O)O.[Mn+2].[Mn+2].[O-2].[O-2]. The van der Waals surface area contributed by atoms with E-state index in [9.17, 15) is 0 Å². The molecule has 0 saturated carbocycles. The summed E-state index contributed by atoms with van der Waals surface area (Å²) in [7, 11) is 0. The normalized spacial score (nSPS) is 3.00. The molecule has 0 unspecified atom stereocenters. The molecule has 0 heterocycles. The molecule has 0 fully saturated rings. The van der Waals surface area contributed by atoms with Crippen LogP contribution in [0, 0.1) is 0 Å². The van der Waals surface area contributed by atoms with Crippen LogP contribution in [0.15, 0.2) is 0 Å². The minimum atomic E-state index is -1.83. The summed E-state index contributed by atoms with van der Waals surface area (Å²) in [6.45, 7) is 0. The topological polar surface area (TPSA) is 115 Å². The van der Waals surface area contributed by atoms with Gasteiger partial charge in [0.15, 0.2) is 0 Å². The maximum Gasteiger partial charge on any atom is 2.00 e. The van der Waals surface area contributed by atoms with Crippen LogP contribution in [-0.2, 0) is 45.1 Å². The molecule has 2 N–H and O–H groups in total. The first-order valence-corrected chi connectivity index (χ1v) is 0.651. The van der Waals surface area contributed by atoms with Crippen LogP contribution in [0.4, 0.5) is 4.79 Å². The predicted molar refractivity (Wildman–Crippen MR) is 12.0 cm³/mol. The van der Waals surface area contributed by atoms with E-state index in [1.54, 1.807) is 0 Å².